The number of thiophene rings is 1. The van der Waals surface area contributed by atoms with Crippen LogP contribution in [-0.2, 0) is 13.1 Å². The van der Waals surface area contributed by atoms with Crippen LogP contribution in [0.4, 0.5) is 0 Å². The van der Waals surface area contributed by atoms with Crippen LogP contribution in [0.2, 0.25) is 0 Å². The molecule has 96 valence electrons. The van der Waals surface area contributed by atoms with E-state index in [0.29, 0.717) is 0 Å². The Morgan fingerprint density at radius 3 is 2.95 bits per heavy atom. The van der Waals surface area contributed by atoms with Gasteiger partial charge in [-0.05, 0) is 44.4 Å². The van der Waals surface area contributed by atoms with Gasteiger partial charge >= 0.3 is 0 Å². The number of hydrogen-bond donors (Lipinski definition) is 1. The summed E-state index contributed by atoms with van der Waals surface area (Å²) < 4.78 is 1.19. The second-order valence-corrected chi connectivity index (χ2v) is 6.16. The van der Waals surface area contributed by atoms with Crippen molar-refractivity contribution in [3.8, 4) is 0 Å². The van der Waals surface area contributed by atoms with Gasteiger partial charge < -0.3 is 5.32 Å². The maximum absolute atomic E-state index is 4.16. The molecule has 0 bridgehead atoms. The molecule has 0 aliphatic rings. The quantitative estimate of drug-likeness (QED) is 0.768. The van der Waals surface area contributed by atoms with Crippen molar-refractivity contribution in [2.24, 2.45) is 0 Å². The minimum Gasteiger partial charge on any atom is -0.308 e. The number of hydrogen-bond acceptors (Lipinski definition) is 3. The van der Waals surface area contributed by atoms with Gasteiger partial charge in [-0.3, -0.25) is 4.98 Å². The number of nitrogens with one attached hydrogen (secondary N) is 1. The van der Waals surface area contributed by atoms with E-state index >= 15 is 0 Å². The van der Waals surface area contributed by atoms with Gasteiger partial charge in [0.15, 0.2) is 0 Å². The molecule has 2 aromatic heterocycles. The largest absolute Gasteiger partial charge is 0.308 e. The summed E-state index contributed by atoms with van der Waals surface area (Å²) in [5, 5.41) is 8.07. The number of rotatable bonds is 4. The zero-order valence-electron chi connectivity index (χ0n) is 10.3. The van der Waals surface area contributed by atoms with Crippen molar-refractivity contribution >= 4 is 38.0 Å². The van der Waals surface area contributed by atoms with Gasteiger partial charge in [0.1, 0.15) is 0 Å². The second kappa shape index (κ2) is 5.82. The minimum absolute atomic E-state index is 0.867. The lowest BCUT2D eigenvalue weighted by Gasteiger charge is -2.07. The van der Waals surface area contributed by atoms with Crippen molar-refractivity contribution in [3.05, 3.63) is 63.0 Å². The van der Waals surface area contributed by atoms with E-state index in [1.165, 1.54) is 25.7 Å². The summed E-state index contributed by atoms with van der Waals surface area (Å²) in [5.41, 5.74) is 1.31. The predicted octanol–water partition coefficient (Wildman–Crippen LogP) is 4.35. The summed E-state index contributed by atoms with van der Waals surface area (Å²) in [6.07, 6.45) is 3.76. The Morgan fingerprint density at radius 2 is 2.11 bits per heavy atom. The van der Waals surface area contributed by atoms with Gasteiger partial charge in [-0.15, -0.1) is 11.3 Å². The maximum atomic E-state index is 4.16. The zero-order valence-corrected chi connectivity index (χ0v) is 12.7. The highest BCUT2D eigenvalue weighted by Gasteiger charge is 2.03. The molecule has 0 aliphatic heterocycles. The van der Waals surface area contributed by atoms with Crippen molar-refractivity contribution in [1.82, 2.24) is 10.3 Å². The van der Waals surface area contributed by atoms with Gasteiger partial charge in [-0.25, -0.2) is 0 Å². The van der Waals surface area contributed by atoms with Gasteiger partial charge in [0, 0.05) is 40.2 Å². The topological polar surface area (TPSA) is 24.9 Å². The molecule has 1 aromatic carbocycles. The third-order valence-electron chi connectivity index (χ3n) is 3.06. The van der Waals surface area contributed by atoms with Crippen LogP contribution in [0.3, 0.4) is 0 Å². The van der Waals surface area contributed by atoms with Crippen molar-refractivity contribution in [3.63, 3.8) is 0 Å². The molecular weight excluding hydrogens is 320 g/mol. The number of aromatic nitrogens is 1. The van der Waals surface area contributed by atoms with Crippen LogP contribution >= 0.6 is 27.3 Å². The molecule has 2 heterocycles. The van der Waals surface area contributed by atoms with Crippen molar-refractivity contribution in [2.45, 2.75) is 13.1 Å². The normalized spacial score (nSPS) is 11.0. The molecule has 0 radical (unpaired) electrons. The standard InChI is InChI=1S/C15H13BrN2S/c16-14-5-7-19-15(14)10-18-9-12-3-1-2-11-8-17-6-4-13(11)12/h1-8,18H,9-10H2. The number of nitrogens with zero attached hydrogens (tertiary/aromatic N) is 1. The number of halogens is 1. The molecule has 0 aliphatic carbocycles. The van der Waals surface area contributed by atoms with Gasteiger partial charge in [0.25, 0.3) is 0 Å². The van der Waals surface area contributed by atoms with E-state index in [9.17, 15) is 0 Å². The molecule has 2 nitrogen and oxygen atoms in total. The second-order valence-electron chi connectivity index (χ2n) is 4.31. The average Bonchev–Trinajstić information content (AvgIpc) is 2.85. The first-order valence-corrected chi connectivity index (χ1v) is 7.76. The van der Waals surface area contributed by atoms with E-state index in [1.807, 2.05) is 12.4 Å². The average molecular weight is 333 g/mol. The van der Waals surface area contributed by atoms with Crippen molar-refractivity contribution in [2.75, 3.05) is 0 Å². The molecule has 0 amide bonds. The van der Waals surface area contributed by atoms with Crippen LogP contribution in [-0.4, -0.2) is 4.98 Å². The van der Waals surface area contributed by atoms with E-state index in [-0.39, 0.29) is 0 Å². The van der Waals surface area contributed by atoms with Crippen molar-refractivity contribution < 1.29 is 0 Å². The molecule has 0 saturated heterocycles. The minimum atomic E-state index is 0.867. The highest BCUT2D eigenvalue weighted by atomic mass is 79.9. The van der Waals surface area contributed by atoms with Crippen LogP contribution < -0.4 is 5.32 Å². The van der Waals surface area contributed by atoms with Crippen LogP contribution in [0.1, 0.15) is 10.4 Å². The number of benzene rings is 1. The summed E-state index contributed by atoms with van der Waals surface area (Å²) in [5.74, 6) is 0. The lowest BCUT2D eigenvalue weighted by Crippen LogP contribution is -2.12. The first-order chi connectivity index (χ1) is 9.34. The summed E-state index contributed by atoms with van der Waals surface area (Å²) in [4.78, 5) is 5.50. The van der Waals surface area contributed by atoms with Crippen LogP contribution in [0.15, 0.2) is 52.6 Å². The van der Waals surface area contributed by atoms with E-state index in [0.717, 1.165) is 13.1 Å². The SMILES string of the molecule is Brc1ccsc1CNCc1cccc2cnccc12. The van der Waals surface area contributed by atoms with Crippen molar-refractivity contribution in [1.29, 1.82) is 0 Å². The van der Waals surface area contributed by atoms with Crippen LogP contribution in [0.5, 0.6) is 0 Å². The molecule has 0 atom stereocenters. The molecule has 3 rings (SSSR count). The Hall–Kier alpha value is -1.23. The Labute approximate surface area is 124 Å². The van der Waals surface area contributed by atoms with E-state index < -0.39 is 0 Å². The highest BCUT2D eigenvalue weighted by molar-refractivity contribution is 9.10. The third kappa shape index (κ3) is 2.86. The summed E-state index contributed by atoms with van der Waals surface area (Å²) in [6.45, 7) is 1.76. The van der Waals surface area contributed by atoms with Crippen LogP contribution in [0, 0.1) is 0 Å². The highest BCUT2D eigenvalue weighted by Crippen LogP contribution is 2.22. The molecule has 4 heteroatoms. The molecule has 3 aromatic rings. The summed E-state index contributed by atoms with van der Waals surface area (Å²) >= 11 is 5.32. The molecule has 0 spiro atoms. The van der Waals surface area contributed by atoms with E-state index in [4.69, 9.17) is 0 Å². The molecule has 0 saturated carbocycles. The number of fused-ring (bicyclic) bond motifs is 1. The first-order valence-electron chi connectivity index (χ1n) is 6.09. The van der Waals surface area contributed by atoms with Gasteiger partial charge in [-0.1, -0.05) is 18.2 Å². The summed E-state index contributed by atoms with van der Waals surface area (Å²) in [6, 6.07) is 10.5. The fourth-order valence-corrected chi connectivity index (χ4v) is 3.57. The smallest absolute Gasteiger partial charge is 0.0346 e. The number of pyridine rings is 1. The van der Waals surface area contributed by atoms with Gasteiger partial charge in [0.05, 0.1) is 0 Å². The maximum Gasteiger partial charge on any atom is 0.0346 e. The lowest BCUT2D eigenvalue weighted by molar-refractivity contribution is 0.703. The molecule has 1 N–H and O–H groups in total. The Morgan fingerprint density at radius 1 is 1.16 bits per heavy atom. The fraction of sp³-hybridized carbons (Fsp3) is 0.133. The molecule has 19 heavy (non-hydrogen) atoms. The summed E-state index contributed by atoms with van der Waals surface area (Å²) in [7, 11) is 0. The fourth-order valence-electron chi connectivity index (χ4n) is 2.11. The Bertz CT molecular complexity index is 688. The zero-order chi connectivity index (χ0) is 13.1. The Balaban J connectivity index is 1.74. The molecule has 0 fully saturated rings. The van der Waals surface area contributed by atoms with E-state index in [1.54, 1.807) is 11.3 Å². The Kier molecular flexibility index (Phi) is 3.92. The van der Waals surface area contributed by atoms with Gasteiger partial charge in [0.2, 0.25) is 0 Å². The third-order valence-corrected chi connectivity index (χ3v) is 4.99. The predicted molar refractivity (Wildman–Crippen MR) is 84.3 cm³/mol. The molecule has 0 unspecified atom stereocenters. The molecular formula is C15H13BrN2S. The lowest BCUT2D eigenvalue weighted by atomic mass is 10.1. The first kappa shape index (κ1) is 12.8. The monoisotopic (exact) mass is 332 g/mol. The van der Waals surface area contributed by atoms with E-state index in [2.05, 4.69) is 61.9 Å². The van der Waals surface area contributed by atoms with Gasteiger partial charge in [-0.2, -0.15) is 0 Å². The van der Waals surface area contributed by atoms with Crippen LogP contribution in [0.25, 0.3) is 10.8 Å².